The number of rotatable bonds is 8. The summed E-state index contributed by atoms with van der Waals surface area (Å²) in [6.45, 7) is 0. The lowest BCUT2D eigenvalue weighted by atomic mass is 9.66. The minimum Gasteiger partial charge on any atom is -0.310 e. The Morgan fingerprint density at radius 3 is 1.60 bits per heavy atom. The summed E-state index contributed by atoms with van der Waals surface area (Å²) in [7, 11) is 0. The molecule has 0 bridgehead atoms. The molecule has 0 amide bonds. The number of aromatic nitrogens is 1. The van der Waals surface area contributed by atoms with E-state index in [0.717, 1.165) is 28.3 Å². The van der Waals surface area contributed by atoms with E-state index in [1.165, 1.54) is 82.7 Å². The maximum atomic E-state index is 2.49. The van der Waals surface area contributed by atoms with E-state index in [9.17, 15) is 0 Å². The predicted octanol–water partition coefficient (Wildman–Crippen LogP) is 17.1. The monoisotopic (exact) mass is 852 g/mol. The van der Waals surface area contributed by atoms with Crippen LogP contribution in [0.5, 0.6) is 0 Å². The number of benzene rings is 11. The maximum Gasteiger partial charge on any atom is 0.0720 e. The summed E-state index contributed by atoms with van der Waals surface area (Å²) in [6.07, 6.45) is 0. The fourth-order valence-corrected chi connectivity index (χ4v) is 11.1. The molecule has 0 aliphatic heterocycles. The van der Waals surface area contributed by atoms with Gasteiger partial charge in [-0.1, -0.05) is 212 Å². The molecule has 1 atom stereocenters. The van der Waals surface area contributed by atoms with Crippen LogP contribution in [0, 0.1) is 0 Å². The third kappa shape index (κ3) is 6.18. The largest absolute Gasteiger partial charge is 0.310 e. The van der Waals surface area contributed by atoms with Crippen molar-refractivity contribution in [1.82, 2.24) is 4.57 Å². The Labute approximate surface area is 390 Å². The van der Waals surface area contributed by atoms with Crippen molar-refractivity contribution in [2.24, 2.45) is 0 Å². The molecule has 67 heavy (non-hydrogen) atoms. The topological polar surface area (TPSA) is 8.17 Å². The molecule has 314 valence electrons. The van der Waals surface area contributed by atoms with Gasteiger partial charge in [-0.15, -0.1) is 0 Å². The predicted molar refractivity (Wildman–Crippen MR) is 281 cm³/mol. The van der Waals surface area contributed by atoms with E-state index in [1.807, 2.05) is 0 Å². The van der Waals surface area contributed by atoms with Crippen LogP contribution >= 0.6 is 0 Å². The van der Waals surface area contributed by atoms with E-state index in [2.05, 4.69) is 276 Å². The van der Waals surface area contributed by atoms with Gasteiger partial charge in [-0.3, -0.25) is 0 Å². The molecular formula is C65H44N2. The van der Waals surface area contributed by atoms with Crippen molar-refractivity contribution in [2.45, 2.75) is 5.41 Å². The number of hydrogen-bond acceptors (Lipinski definition) is 1. The molecule has 1 aromatic heterocycles. The summed E-state index contributed by atoms with van der Waals surface area (Å²) >= 11 is 0. The van der Waals surface area contributed by atoms with Gasteiger partial charge < -0.3 is 9.47 Å². The summed E-state index contributed by atoms with van der Waals surface area (Å²) in [5.74, 6) is 0. The van der Waals surface area contributed by atoms with Crippen molar-refractivity contribution >= 4 is 49.6 Å². The fraction of sp³-hybridized carbons (Fsp3) is 0.0154. The summed E-state index contributed by atoms with van der Waals surface area (Å²) in [4.78, 5) is 2.47. The van der Waals surface area contributed by atoms with Crippen LogP contribution < -0.4 is 4.90 Å². The van der Waals surface area contributed by atoms with Crippen LogP contribution in [0.1, 0.15) is 22.3 Å². The molecule has 2 nitrogen and oxygen atoms in total. The first-order valence-corrected chi connectivity index (χ1v) is 23.2. The quantitative estimate of drug-likeness (QED) is 0.148. The van der Waals surface area contributed by atoms with E-state index < -0.39 is 5.41 Å². The Hall–Kier alpha value is -8.72. The summed E-state index contributed by atoms with van der Waals surface area (Å²) in [6, 6.07) is 98.3. The zero-order valence-electron chi connectivity index (χ0n) is 36.8. The van der Waals surface area contributed by atoms with Crippen LogP contribution in [0.4, 0.5) is 17.1 Å². The first-order valence-electron chi connectivity index (χ1n) is 23.2. The lowest BCUT2D eigenvalue weighted by molar-refractivity contribution is 0.770. The van der Waals surface area contributed by atoms with Gasteiger partial charge in [0.05, 0.1) is 16.4 Å². The molecule has 11 aromatic carbocycles. The molecule has 0 saturated heterocycles. The molecule has 2 heteroatoms. The van der Waals surface area contributed by atoms with Crippen LogP contribution in [-0.4, -0.2) is 4.57 Å². The van der Waals surface area contributed by atoms with E-state index in [1.54, 1.807) is 0 Å². The SMILES string of the molecule is c1ccc(-c2ccc(-n3c4ccccc4c4ccc(N(c5ccc6c(c5)C(c5ccccc5)(c5ccccc5-c5ccccc5)c5ccccc5-6)c5ccc6ccccc6c5)cc43)cc2)cc1. The van der Waals surface area contributed by atoms with Crippen molar-refractivity contribution in [3.8, 4) is 39.1 Å². The van der Waals surface area contributed by atoms with Crippen LogP contribution in [-0.2, 0) is 5.41 Å². The van der Waals surface area contributed by atoms with Crippen molar-refractivity contribution in [2.75, 3.05) is 4.90 Å². The lowest BCUT2D eigenvalue weighted by Gasteiger charge is -2.36. The molecule has 0 spiro atoms. The molecule has 0 fully saturated rings. The van der Waals surface area contributed by atoms with Crippen LogP contribution in [0.15, 0.2) is 267 Å². The highest BCUT2D eigenvalue weighted by atomic mass is 15.1. The molecule has 0 radical (unpaired) electrons. The molecular weight excluding hydrogens is 809 g/mol. The first-order chi connectivity index (χ1) is 33.2. The molecule has 1 unspecified atom stereocenters. The van der Waals surface area contributed by atoms with Crippen molar-refractivity contribution in [3.63, 3.8) is 0 Å². The number of anilines is 3. The summed E-state index contributed by atoms with van der Waals surface area (Å²) in [5, 5.41) is 4.86. The highest BCUT2D eigenvalue weighted by Gasteiger charge is 2.47. The molecule has 0 N–H and O–H groups in total. The standard InChI is InChI=1S/C65H44N2/c1-4-18-45(19-5-1)47-32-35-51(36-33-47)67-63-31-17-14-28-58(63)59-41-39-54(44-64(59)67)66(52-37-34-46-20-10-11-23-49(46)42-52)53-38-40-57-56-27-13-16-30-61(56)65(62(57)43-53,50-24-8-3-9-25-50)60-29-15-12-26-55(60)48-21-6-2-7-22-48/h1-44H. The second-order valence-electron chi connectivity index (χ2n) is 17.6. The van der Waals surface area contributed by atoms with Crippen LogP contribution in [0.3, 0.4) is 0 Å². The highest BCUT2D eigenvalue weighted by molar-refractivity contribution is 6.10. The molecule has 1 aliphatic rings. The van der Waals surface area contributed by atoms with Gasteiger partial charge in [0, 0.05) is 33.5 Å². The number of para-hydroxylation sites is 1. The van der Waals surface area contributed by atoms with Gasteiger partial charge in [-0.25, -0.2) is 0 Å². The van der Waals surface area contributed by atoms with Gasteiger partial charge >= 0.3 is 0 Å². The van der Waals surface area contributed by atoms with E-state index in [4.69, 9.17) is 0 Å². The summed E-state index contributed by atoms with van der Waals surface area (Å²) < 4.78 is 2.43. The number of fused-ring (bicyclic) bond motifs is 7. The smallest absolute Gasteiger partial charge is 0.0720 e. The Kier molecular flexibility index (Phi) is 9.11. The first kappa shape index (κ1) is 38.7. The van der Waals surface area contributed by atoms with Crippen LogP contribution in [0.2, 0.25) is 0 Å². The van der Waals surface area contributed by atoms with Crippen molar-refractivity contribution in [3.05, 3.63) is 289 Å². The van der Waals surface area contributed by atoms with Crippen molar-refractivity contribution < 1.29 is 0 Å². The average molecular weight is 853 g/mol. The van der Waals surface area contributed by atoms with E-state index in [-0.39, 0.29) is 0 Å². The minimum atomic E-state index is -0.618. The molecule has 12 aromatic rings. The fourth-order valence-electron chi connectivity index (χ4n) is 11.1. The van der Waals surface area contributed by atoms with E-state index >= 15 is 0 Å². The molecule has 0 saturated carbocycles. The van der Waals surface area contributed by atoms with Gasteiger partial charge in [-0.05, 0) is 121 Å². The normalized spacial score (nSPS) is 14.0. The van der Waals surface area contributed by atoms with Crippen molar-refractivity contribution in [1.29, 1.82) is 0 Å². The highest BCUT2D eigenvalue weighted by Crippen LogP contribution is 2.59. The van der Waals surface area contributed by atoms with E-state index in [0.29, 0.717) is 0 Å². The third-order valence-corrected chi connectivity index (χ3v) is 14.0. The Morgan fingerprint density at radius 2 is 0.821 bits per heavy atom. The second-order valence-corrected chi connectivity index (χ2v) is 17.6. The van der Waals surface area contributed by atoms with Gasteiger partial charge in [0.15, 0.2) is 0 Å². The Balaban J connectivity index is 1.07. The van der Waals surface area contributed by atoms with Gasteiger partial charge in [0.1, 0.15) is 0 Å². The molecule has 1 aliphatic carbocycles. The van der Waals surface area contributed by atoms with Gasteiger partial charge in [0.2, 0.25) is 0 Å². The van der Waals surface area contributed by atoms with Gasteiger partial charge in [0.25, 0.3) is 0 Å². The Morgan fingerprint density at radius 1 is 0.299 bits per heavy atom. The maximum absolute atomic E-state index is 2.49. The van der Waals surface area contributed by atoms with Crippen LogP contribution in [0.25, 0.3) is 71.6 Å². The second kappa shape index (κ2) is 15.8. The third-order valence-electron chi connectivity index (χ3n) is 14.0. The zero-order chi connectivity index (χ0) is 44.3. The molecule has 1 heterocycles. The number of nitrogens with zero attached hydrogens (tertiary/aromatic N) is 2. The minimum absolute atomic E-state index is 0.618. The lowest BCUT2D eigenvalue weighted by Crippen LogP contribution is -2.29. The summed E-state index contributed by atoms with van der Waals surface area (Å²) in [5.41, 5.74) is 18.5. The number of hydrogen-bond donors (Lipinski definition) is 0. The zero-order valence-corrected chi connectivity index (χ0v) is 36.8. The Bertz CT molecular complexity index is 3790. The average Bonchev–Trinajstić information content (AvgIpc) is 3.89. The molecule has 13 rings (SSSR count). The van der Waals surface area contributed by atoms with Gasteiger partial charge in [-0.2, -0.15) is 0 Å².